The quantitative estimate of drug-likeness (QED) is 0.465. The molecule has 0 aliphatic heterocycles. The van der Waals surface area contributed by atoms with Crippen LogP contribution in [-0.4, -0.2) is 28.5 Å². The summed E-state index contributed by atoms with van der Waals surface area (Å²) in [7, 11) is -0.750. The highest BCUT2D eigenvalue weighted by atomic mass is 32.2. The lowest BCUT2D eigenvalue weighted by Gasteiger charge is -2.01. The summed E-state index contributed by atoms with van der Waals surface area (Å²) in [5.74, 6) is 0. The van der Waals surface area contributed by atoms with Crippen molar-refractivity contribution in [2.45, 2.75) is 4.90 Å². The van der Waals surface area contributed by atoms with Gasteiger partial charge in [-0.05, 0) is 23.3 Å². The minimum Gasteiger partial charge on any atom is -0.612 e. The molecule has 0 fully saturated rings. The molecule has 0 saturated carbocycles. The Bertz CT molecular complexity index is 193. The summed E-state index contributed by atoms with van der Waals surface area (Å²) in [5, 5.41) is 14.2. The maximum atomic E-state index is 10.8. The molecule has 1 rings (SSSR count). The lowest BCUT2D eigenvalue weighted by atomic mass is 10.4. The highest BCUT2D eigenvalue weighted by Gasteiger charge is 1.98. The van der Waals surface area contributed by atoms with Gasteiger partial charge in [0.2, 0.25) is 0 Å². The maximum absolute atomic E-state index is 10.8. The summed E-state index contributed by atoms with van der Waals surface area (Å²) < 4.78 is 10.8. The van der Waals surface area contributed by atoms with Crippen molar-refractivity contribution in [3.8, 4) is 0 Å². The first-order valence-corrected chi connectivity index (χ1v) is 4.88. The van der Waals surface area contributed by atoms with Crippen molar-refractivity contribution in [2.24, 2.45) is 0 Å². The second kappa shape index (κ2) is 7.18. The molecule has 0 amide bonds. The molecule has 1 unspecified atom stereocenters. The minimum atomic E-state index is -0.829. The van der Waals surface area contributed by atoms with Crippen molar-refractivity contribution in [2.75, 3.05) is 6.26 Å². The second-order valence-electron chi connectivity index (χ2n) is 1.91. The molecule has 5 heteroatoms. The summed E-state index contributed by atoms with van der Waals surface area (Å²) in [6, 6.07) is 9.40. The SMILES string of the molecule is C[S+]([O-])c1ccccc1.OBO. The first kappa shape index (κ1) is 11.5. The molecule has 0 saturated heterocycles. The summed E-state index contributed by atoms with van der Waals surface area (Å²) in [4.78, 5) is 0.887. The lowest BCUT2D eigenvalue weighted by molar-refractivity contribution is 0.448. The van der Waals surface area contributed by atoms with E-state index in [9.17, 15) is 4.55 Å². The van der Waals surface area contributed by atoms with Gasteiger partial charge in [-0.15, -0.1) is 0 Å². The van der Waals surface area contributed by atoms with Crippen LogP contribution in [-0.2, 0) is 11.2 Å². The van der Waals surface area contributed by atoms with Gasteiger partial charge >= 0.3 is 7.69 Å². The smallest absolute Gasteiger partial charge is 0.432 e. The average Bonchev–Trinajstić information content (AvgIpc) is 2.07. The predicted molar refractivity (Wildman–Crippen MR) is 50.4 cm³/mol. The molecule has 12 heavy (non-hydrogen) atoms. The van der Waals surface area contributed by atoms with Crippen molar-refractivity contribution in [1.82, 2.24) is 0 Å². The monoisotopic (exact) mass is 186 g/mol. The van der Waals surface area contributed by atoms with Crippen molar-refractivity contribution in [3.63, 3.8) is 0 Å². The van der Waals surface area contributed by atoms with Crippen LogP contribution in [0.2, 0.25) is 0 Å². The van der Waals surface area contributed by atoms with E-state index in [1.54, 1.807) is 6.26 Å². The fraction of sp³-hybridized carbons (Fsp3) is 0.143. The first-order chi connectivity index (χ1) is 5.72. The third-order valence-corrected chi connectivity index (χ3v) is 2.01. The molecule has 0 spiro atoms. The molecule has 1 aromatic rings. The van der Waals surface area contributed by atoms with Crippen LogP contribution in [0.4, 0.5) is 0 Å². The fourth-order valence-electron chi connectivity index (χ4n) is 0.612. The fourth-order valence-corrected chi connectivity index (χ4v) is 1.15. The first-order valence-electron chi connectivity index (χ1n) is 3.32. The van der Waals surface area contributed by atoms with Crippen molar-refractivity contribution in [1.29, 1.82) is 0 Å². The van der Waals surface area contributed by atoms with Crippen LogP contribution in [0.15, 0.2) is 35.2 Å². The number of hydrogen-bond donors (Lipinski definition) is 2. The van der Waals surface area contributed by atoms with E-state index in [1.807, 2.05) is 30.3 Å². The zero-order valence-electron chi connectivity index (χ0n) is 6.80. The lowest BCUT2D eigenvalue weighted by Crippen LogP contribution is -1.95. The summed E-state index contributed by atoms with van der Waals surface area (Å²) >= 11 is -0.829. The zero-order valence-corrected chi connectivity index (χ0v) is 7.62. The summed E-state index contributed by atoms with van der Waals surface area (Å²) in [6.45, 7) is 0. The van der Waals surface area contributed by atoms with Crippen LogP contribution in [0.3, 0.4) is 0 Å². The van der Waals surface area contributed by atoms with Crippen molar-refractivity contribution >= 4 is 18.9 Å². The molecular formula is C7H11BO3S. The Hall–Kier alpha value is -0.485. The minimum absolute atomic E-state index is 0.750. The van der Waals surface area contributed by atoms with E-state index in [0.717, 1.165) is 4.90 Å². The van der Waals surface area contributed by atoms with Gasteiger partial charge in [-0.1, -0.05) is 18.2 Å². The highest BCUT2D eigenvalue weighted by Crippen LogP contribution is 2.05. The predicted octanol–water partition coefficient (Wildman–Crippen LogP) is -0.338. The third kappa shape index (κ3) is 5.20. The molecule has 0 radical (unpaired) electrons. The largest absolute Gasteiger partial charge is 0.612 e. The van der Waals surface area contributed by atoms with Crippen LogP contribution in [0.5, 0.6) is 0 Å². The maximum Gasteiger partial charge on any atom is 0.432 e. The molecular weight excluding hydrogens is 175 g/mol. The summed E-state index contributed by atoms with van der Waals surface area (Å²) in [5.41, 5.74) is 0. The second-order valence-corrected chi connectivity index (χ2v) is 3.29. The average molecular weight is 186 g/mol. The Labute approximate surface area is 75.5 Å². The van der Waals surface area contributed by atoms with Gasteiger partial charge < -0.3 is 14.6 Å². The summed E-state index contributed by atoms with van der Waals surface area (Å²) in [6.07, 6.45) is 1.68. The highest BCUT2D eigenvalue weighted by molar-refractivity contribution is 7.90. The molecule has 0 heterocycles. The van der Waals surface area contributed by atoms with E-state index in [2.05, 4.69) is 0 Å². The van der Waals surface area contributed by atoms with Gasteiger partial charge in [0.1, 0.15) is 6.26 Å². The van der Waals surface area contributed by atoms with Gasteiger partial charge in [0.15, 0.2) is 4.90 Å². The van der Waals surface area contributed by atoms with Crippen LogP contribution in [0, 0.1) is 0 Å². The Morgan fingerprint density at radius 3 is 1.92 bits per heavy atom. The molecule has 3 nitrogen and oxygen atoms in total. The van der Waals surface area contributed by atoms with Crippen LogP contribution in [0.25, 0.3) is 0 Å². The number of rotatable bonds is 1. The Balaban J connectivity index is 0.000000354. The molecule has 0 aliphatic carbocycles. The Morgan fingerprint density at radius 1 is 1.25 bits per heavy atom. The van der Waals surface area contributed by atoms with E-state index in [-0.39, 0.29) is 0 Å². The molecule has 0 aromatic heterocycles. The van der Waals surface area contributed by atoms with Crippen LogP contribution < -0.4 is 0 Å². The van der Waals surface area contributed by atoms with Gasteiger partial charge in [-0.2, -0.15) is 0 Å². The van der Waals surface area contributed by atoms with Gasteiger partial charge in [-0.25, -0.2) is 0 Å². The normalized spacial score (nSPS) is 11.0. The van der Waals surface area contributed by atoms with Crippen molar-refractivity contribution < 1.29 is 14.6 Å². The van der Waals surface area contributed by atoms with E-state index >= 15 is 0 Å². The van der Waals surface area contributed by atoms with E-state index in [4.69, 9.17) is 10.0 Å². The molecule has 2 N–H and O–H groups in total. The van der Waals surface area contributed by atoms with E-state index in [0.29, 0.717) is 0 Å². The Kier molecular flexibility index (Phi) is 6.89. The van der Waals surface area contributed by atoms with E-state index in [1.165, 1.54) is 0 Å². The van der Waals surface area contributed by atoms with Gasteiger partial charge in [0.25, 0.3) is 0 Å². The van der Waals surface area contributed by atoms with E-state index < -0.39 is 18.9 Å². The molecule has 1 aromatic carbocycles. The van der Waals surface area contributed by atoms with Crippen LogP contribution in [0.1, 0.15) is 0 Å². The third-order valence-electron chi connectivity index (χ3n) is 1.08. The van der Waals surface area contributed by atoms with Gasteiger partial charge in [-0.3, -0.25) is 0 Å². The molecule has 0 bridgehead atoms. The zero-order chi connectivity index (χ0) is 9.40. The number of benzene rings is 1. The van der Waals surface area contributed by atoms with Crippen molar-refractivity contribution in [3.05, 3.63) is 30.3 Å². The Morgan fingerprint density at radius 2 is 1.67 bits per heavy atom. The molecule has 66 valence electrons. The van der Waals surface area contributed by atoms with Gasteiger partial charge in [0, 0.05) is 0 Å². The van der Waals surface area contributed by atoms with Crippen LogP contribution >= 0.6 is 0 Å². The number of hydrogen-bond acceptors (Lipinski definition) is 3. The standard InChI is InChI=1S/C7H8OS.BH3O2/c1-9(8)7-5-3-2-4-6-7;2-1-3/h2-6H,1H3;1-3H. The topological polar surface area (TPSA) is 63.5 Å². The van der Waals surface area contributed by atoms with Gasteiger partial charge in [0.05, 0.1) is 0 Å². The molecule has 1 atom stereocenters. The molecule has 0 aliphatic rings.